The lowest BCUT2D eigenvalue weighted by Gasteiger charge is -2.18. The molecule has 6 nitrogen and oxygen atoms in total. The third kappa shape index (κ3) is 3.53. The van der Waals surface area contributed by atoms with Crippen molar-refractivity contribution in [1.82, 2.24) is 10.2 Å². The van der Waals surface area contributed by atoms with Crippen LogP contribution in [0, 0.1) is 5.92 Å². The van der Waals surface area contributed by atoms with Gasteiger partial charge in [-0.3, -0.25) is 4.79 Å². The summed E-state index contributed by atoms with van der Waals surface area (Å²) < 4.78 is 11.0. The van der Waals surface area contributed by atoms with E-state index in [0.717, 1.165) is 19.4 Å². The summed E-state index contributed by atoms with van der Waals surface area (Å²) in [5.41, 5.74) is 0. The minimum Gasteiger partial charge on any atom is -0.481 e. The van der Waals surface area contributed by atoms with Crippen molar-refractivity contribution in [3.8, 4) is 0 Å². The van der Waals surface area contributed by atoms with Gasteiger partial charge in [-0.05, 0) is 18.8 Å². The highest BCUT2D eigenvalue weighted by atomic mass is 16.5. The van der Waals surface area contributed by atoms with Gasteiger partial charge in [-0.1, -0.05) is 6.92 Å². The van der Waals surface area contributed by atoms with Gasteiger partial charge in [-0.2, -0.15) is 0 Å². The predicted octanol–water partition coefficient (Wildman–Crippen LogP) is 1.62. The molecule has 1 aromatic rings. The average molecular weight is 254 g/mol. The Balaban J connectivity index is 1.91. The lowest BCUT2D eigenvalue weighted by molar-refractivity contribution is -0.137. The van der Waals surface area contributed by atoms with Crippen LogP contribution in [0.2, 0.25) is 0 Å². The summed E-state index contributed by atoms with van der Waals surface area (Å²) in [4.78, 5) is 10.6. The highest BCUT2D eigenvalue weighted by Crippen LogP contribution is 2.24. The molecular weight excluding hydrogens is 236 g/mol. The second kappa shape index (κ2) is 5.95. The van der Waals surface area contributed by atoms with Crippen molar-refractivity contribution in [3.05, 3.63) is 11.8 Å². The molecule has 100 valence electrons. The zero-order valence-electron chi connectivity index (χ0n) is 10.5. The summed E-state index contributed by atoms with van der Waals surface area (Å²) in [6.45, 7) is 3.29. The fourth-order valence-corrected chi connectivity index (χ4v) is 2.12. The Morgan fingerprint density at radius 3 is 3.06 bits per heavy atom. The highest BCUT2D eigenvalue weighted by Gasteiger charge is 2.22. The number of ether oxygens (including phenoxy) is 1. The van der Waals surface area contributed by atoms with Crippen molar-refractivity contribution in [3.63, 3.8) is 0 Å². The predicted molar refractivity (Wildman–Crippen MR) is 62.2 cm³/mol. The van der Waals surface area contributed by atoms with Gasteiger partial charge in [-0.15, -0.1) is 10.2 Å². The molecule has 0 aromatic carbocycles. The number of nitrogens with zero attached hydrogens (tertiary/aromatic N) is 2. The molecule has 0 bridgehead atoms. The van der Waals surface area contributed by atoms with Crippen molar-refractivity contribution in [2.24, 2.45) is 5.92 Å². The van der Waals surface area contributed by atoms with Crippen LogP contribution >= 0.6 is 0 Å². The van der Waals surface area contributed by atoms with Crippen LogP contribution in [0.3, 0.4) is 0 Å². The molecule has 0 aliphatic carbocycles. The number of aliphatic carboxylic acids is 1. The van der Waals surface area contributed by atoms with Crippen LogP contribution in [0.4, 0.5) is 0 Å². The van der Waals surface area contributed by atoms with Gasteiger partial charge in [0.25, 0.3) is 0 Å². The number of carbonyl (C=O) groups is 1. The minimum atomic E-state index is -0.803. The maximum Gasteiger partial charge on any atom is 0.303 e. The molecule has 1 aliphatic rings. The normalized spacial score (nSPS) is 21.7. The van der Waals surface area contributed by atoms with E-state index >= 15 is 0 Å². The first-order valence-electron chi connectivity index (χ1n) is 6.27. The topological polar surface area (TPSA) is 85.5 Å². The molecule has 1 fully saturated rings. The smallest absolute Gasteiger partial charge is 0.303 e. The van der Waals surface area contributed by atoms with Crippen molar-refractivity contribution in [1.29, 1.82) is 0 Å². The van der Waals surface area contributed by atoms with Gasteiger partial charge in [0.1, 0.15) is 0 Å². The number of carboxylic acids is 1. The highest BCUT2D eigenvalue weighted by molar-refractivity contribution is 5.66. The Morgan fingerprint density at radius 1 is 1.56 bits per heavy atom. The number of rotatable bonds is 5. The number of aromatic nitrogens is 2. The number of carboxylic acid groups (broad SMARTS) is 1. The third-order valence-electron chi connectivity index (χ3n) is 3.04. The lowest BCUT2D eigenvalue weighted by atomic mass is 10.0. The van der Waals surface area contributed by atoms with E-state index in [0.29, 0.717) is 24.8 Å². The van der Waals surface area contributed by atoms with Crippen LogP contribution in [0.5, 0.6) is 0 Å². The van der Waals surface area contributed by atoms with Gasteiger partial charge in [0.05, 0.1) is 12.5 Å². The van der Waals surface area contributed by atoms with Gasteiger partial charge in [0, 0.05) is 19.4 Å². The average Bonchev–Trinajstić information content (AvgIpc) is 2.77. The molecule has 2 unspecified atom stereocenters. The van der Waals surface area contributed by atoms with Gasteiger partial charge in [0.2, 0.25) is 11.8 Å². The first kappa shape index (κ1) is 13.0. The molecule has 0 amide bonds. The Kier molecular flexibility index (Phi) is 4.30. The summed E-state index contributed by atoms with van der Waals surface area (Å²) in [7, 11) is 0. The Hall–Kier alpha value is -1.43. The largest absolute Gasteiger partial charge is 0.481 e. The summed E-state index contributed by atoms with van der Waals surface area (Å²) in [6.07, 6.45) is 2.64. The molecule has 2 rings (SSSR count). The molecule has 0 spiro atoms. The van der Waals surface area contributed by atoms with E-state index in [9.17, 15) is 4.79 Å². The fourth-order valence-electron chi connectivity index (χ4n) is 2.12. The summed E-state index contributed by atoms with van der Waals surface area (Å²) in [6, 6.07) is 0. The molecule has 18 heavy (non-hydrogen) atoms. The van der Waals surface area contributed by atoms with Gasteiger partial charge in [0.15, 0.2) is 0 Å². The second-order valence-electron chi connectivity index (χ2n) is 4.86. The molecule has 2 heterocycles. The third-order valence-corrected chi connectivity index (χ3v) is 3.04. The van der Waals surface area contributed by atoms with Crippen LogP contribution in [-0.4, -0.2) is 34.5 Å². The summed E-state index contributed by atoms with van der Waals surface area (Å²) >= 11 is 0. The molecule has 6 heteroatoms. The van der Waals surface area contributed by atoms with Crippen LogP contribution in [-0.2, 0) is 16.0 Å². The van der Waals surface area contributed by atoms with E-state index in [4.69, 9.17) is 14.3 Å². The molecule has 0 saturated carbocycles. The van der Waals surface area contributed by atoms with Crippen LogP contribution in [0.25, 0.3) is 0 Å². The molecule has 1 N–H and O–H groups in total. The van der Waals surface area contributed by atoms with E-state index in [1.165, 1.54) is 0 Å². The second-order valence-corrected chi connectivity index (χ2v) is 4.86. The van der Waals surface area contributed by atoms with Crippen LogP contribution in [0.1, 0.15) is 43.9 Å². The maximum atomic E-state index is 10.6. The molecular formula is C12H18N2O4. The Morgan fingerprint density at radius 2 is 2.39 bits per heavy atom. The van der Waals surface area contributed by atoms with E-state index < -0.39 is 5.97 Å². The minimum absolute atomic E-state index is 0.00148. The number of hydrogen-bond acceptors (Lipinski definition) is 5. The number of hydrogen-bond donors (Lipinski definition) is 1. The lowest BCUT2D eigenvalue weighted by Crippen LogP contribution is -2.15. The van der Waals surface area contributed by atoms with Gasteiger partial charge >= 0.3 is 5.97 Å². The van der Waals surface area contributed by atoms with Crippen molar-refractivity contribution < 1.29 is 19.1 Å². The Labute approximate surface area is 105 Å². The summed E-state index contributed by atoms with van der Waals surface area (Å²) in [5.74, 6) is 0.521. The van der Waals surface area contributed by atoms with Crippen LogP contribution < -0.4 is 0 Å². The summed E-state index contributed by atoms with van der Waals surface area (Å²) in [5, 5.41) is 16.7. The fraction of sp³-hybridized carbons (Fsp3) is 0.750. The molecule has 2 atom stereocenters. The van der Waals surface area contributed by atoms with E-state index in [2.05, 4.69) is 10.2 Å². The first-order chi connectivity index (χ1) is 8.65. The molecule has 1 aliphatic heterocycles. The van der Waals surface area contributed by atoms with E-state index in [-0.39, 0.29) is 18.3 Å². The maximum absolute atomic E-state index is 10.6. The van der Waals surface area contributed by atoms with E-state index in [1.54, 1.807) is 0 Å². The first-order valence-corrected chi connectivity index (χ1v) is 6.27. The van der Waals surface area contributed by atoms with Crippen molar-refractivity contribution >= 4 is 5.97 Å². The zero-order valence-corrected chi connectivity index (χ0v) is 10.5. The van der Waals surface area contributed by atoms with Gasteiger partial charge in [-0.25, -0.2) is 0 Å². The quantitative estimate of drug-likeness (QED) is 0.859. The Bertz CT molecular complexity index is 399. The van der Waals surface area contributed by atoms with Gasteiger partial charge < -0.3 is 14.3 Å². The van der Waals surface area contributed by atoms with Crippen molar-refractivity contribution in [2.75, 3.05) is 13.2 Å². The standard InChI is InChI=1S/C12H18N2O4/c1-8(6-11(15)16)5-10-13-14-12(18-10)9-3-2-4-17-7-9/h8-9H,2-7H2,1H3,(H,15,16). The van der Waals surface area contributed by atoms with Crippen molar-refractivity contribution in [2.45, 2.75) is 38.5 Å². The molecule has 1 saturated heterocycles. The SMILES string of the molecule is CC(CC(=O)O)Cc1nnc(C2CCCOC2)o1. The van der Waals surface area contributed by atoms with E-state index in [1.807, 2.05) is 6.92 Å². The molecule has 1 aromatic heterocycles. The molecule has 0 radical (unpaired) electrons. The monoisotopic (exact) mass is 254 g/mol. The van der Waals surface area contributed by atoms with Crippen LogP contribution in [0.15, 0.2) is 4.42 Å². The zero-order chi connectivity index (χ0) is 13.0.